The van der Waals surface area contributed by atoms with Crippen molar-refractivity contribution in [3.05, 3.63) is 23.8 Å². The summed E-state index contributed by atoms with van der Waals surface area (Å²) >= 11 is 0. The van der Waals surface area contributed by atoms with Gasteiger partial charge in [0.15, 0.2) is 11.5 Å². The smallest absolute Gasteiger partial charge is 0.161 e. The van der Waals surface area contributed by atoms with Gasteiger partial charge in [-0.25, -0.2) is 0 Å². The summed E-state index contributed by atoms with van der Waals surface area (Å²) in [6.45, 7) is 5.69. The van der Waals surface area contributed by atoms with Gasteiger partial charge in [0.2, 0.25) is 0 Å². The molecule has 7 heteroatoms. The highest BCUT2D eigenvalue weighted by Crippen LogP contribution is 2.28. The second kappa shape index (κ2) is 12.0. The zero-order chi connectivity index (χ0) is 16.9. The number of nitrogens with one attached hydrogen (secondary N) is 1. The molecule has 0 saturated heterocycles. The lowest BCUT2D eigenvalue weighted by molar-refractivity contribution is 0.00937. The molecule has 0 amide bonds. The second-order valence-electron chi connectivity index (χ2n) is 5.22. The summed E-state index contributed by atoms with van der Waals surface area (Å²) in [5.74, 6) is 1.28. The van der Waals surface area contributed by atoms with Crippen LogP contribution in [-0.2, 0) is 20.8 Å². The van der Waals surface area contributed by atoms with Gasteiger partial charge in [-0.1, -0.05) is 6.07 Å². The molecule has 1 aliphatic heterocycles. The summed E-state index contributed by atoms with van der Waals surface area (Å²) in [7, 11) is 0. The minimum absolute atomic E-state index is 0.0324. The number of benzene rings is 1. The highest BCUT2D eigenvalue weighted by atomic mass is 16.6. The van der Waals surface area contributed by atoms with E-state index in [9.17, 15) is 5.11 Å². The van der Waals surface area contributed by atoms with Gasteiger partial charge in [-0.3, -0.25) is 0 Å². The van der Waals surface area contributed by atoms with E-state index in [1.54, 1.807) is 6.07 Å². The maximum Gasteiger partial charge on any atom is 0.161 e. The highest BCUT2D eigenvalue weighted by Gasteiger charge is 2.07. The number of aliphatic hydroxyl groups is 1. The van der Waals surface area contributed by atoms with Gasteiger partial charge >= 0.3 is 0 Å². The number of rotatable bonds is 1. The van der Waals surface area contributed by atoms with Crippen LogP contribution in [0.25, 0.3) is 0 Å². The number of aliphatic hydroxyl groups excluding tert-OH is 1. The molecule has 0 fully saturated rings. The number of ether oxygens (including phenoxy) is 5. The Morgan fingerprint density at radius 2 is 1.38 bits per heavy atom. The van der Waals surface area contributed by atoms with Crippen LogP contribution in [0.2, 0.25) is 0 Å². The van der Waals surface area contributed by atoms with Crippen LogP contribution in [0.15, 0.2) is 18.2 Å². The molecule has 0 aliphatic carbocycles. The summed E-state index contributed by atoms with van der Waals surface area (Å²) in [4.78, 5) is 0. The van der Waals surface area contributed by atoms with E-state index in [4.69, 9.17) is 23.7 Å². The third kappa shape index (κ3) is 7.46. The summed E-state index contributed by atoms with van der Waals surface area (Å²) in [6.07, 6.45) is 0. The largest absolute Gasteiger partial charge is 0.488 e. The molecule has 0 saturated carbocycles. The molecular weight excluding hydrogens is 314 g/mol. The zero-order valence-electron chi connectivity index (χ0n) is 14.0. The number of fused-ring (bicyclic) bond motifs is 1. The van der Waals surface area contributed by atoms with Crippen LogP contribution < -0.4 is 14.8 Å². The van der Waals surface area contributed by atoms with Gasteiger partial charge in [0.05, 0.1) is 46.2 Å². The van der Waals surface area contributed by atoms with E-state index in [1.807, 2.05) is 12.1 Å². The fourth-order valence-electron chi connectivity index (χ4n) is 2.14. The molecule has 2 N–H and O–H groups in total. The molecule has 24 heavy (non-hydrogen) atoms. The van der Waals surface area contributed by atoms with Crippen LogP contribution >= 0.6 is 0 Å². The van der Waals surface area contributed by atoms with Crippen molar-refractivity contribution in [1.82, 2.24) is 5.32 Å². The van der Waals surface area contributed by atoms with Crippen LogP contribution in [0.3, 0.4) is 0 Å². The SMILES string of the molecule is OCc1ccc2c(c1)OCCNCCOCCOCCOCCO2. The lowest BCUT2D eigenvalue weighted by atomic mass is 10.2. The van der Waals surface area contributed by atoms with Crippen molar-refractivity contribution in [2.24, 2.45) is 0 Å². The van der Waals surface area contributed by atoms with Crippen molar-refractivity contribution in [3.63, 3.8) is 0 Å². The quantitative estimate of drug-likeness (QED) is 0.774. The Hall–Kier alpha value is -1.38. The summed E-state index contributed by atoms with van der Waals surface area (Å²) in [5, 5.41) is 12.5. The average molecular weight is 341 g/mol. The predicted molar refractivity (Wildman–Crippen MR) is 88.7 cm³/mol. The first-order valence-corrected chi connectivity index (χ1v) is 8.33. The predicted octanol–water partition coefficient (Wildman–Crippen LogP) is 0.590. The van der Waals surface area contributed by atoms with E-state index in [-0.39, 0.29) is 6.61 Å². The molecular formula is C17H27NO6. The molecule has 136 valence electrons. The molecule has 0 radical (unpaired) electrons. The molecule has 0 unspecified atom stereocenters. The van der Waals surface area contributed by atoms with Crippen LogP contribution in [0.5, 0.6) is 11.5 Å². The van der Waals surface area contributed by atoms with Crippen LogP contribution in [0.4, 0.5) is 0 Å². The van der Waals surface area contributed by atoms with Gasteiger partial charge in [0, 0.05) is 13.1 Å². The van der Waals surface area contributed by atoms with Crippen molar-refractivity contribution < 1.29 is 28.8 Å². The van der Waals surface area contributed by atoms with Gasteiger partial charge < -0.3 is 34.1 Å². The molecule has 7 nitrogen and oxygen atoms in total. The highest BCUT2D eigenvalue weighted by molar-refractivity contribution is 5.42. The van der Waals surface area contributed by atoms with Crippen LogP contribution in [0, 0.1) is 0 Å². The van der Waals surface area contributed by atoms with Gasteiger partial charge in [-0.15, -0.1) is 0 Å². The molecule has 0 aromatic heterocycles. The third-order valence-electron chi connectivity index (χ3n) is 3.38. The first-order chi connectivity index (χ1) is 11.9. The van der Waals surface area contributed by atoms with Crippen molar-refractivity contribution >= 4 is 0 Å². The molecule has 1 heterocycles. The summed E-state index contributed by atoms with van der Waals surface area (Å²) < 4.78 is 27.8. The molecule has 0 atom stereocenters. The molecule has 0 spiro atoms. The Bertz CT molecular complexity index is 457. The minimum Gasteiger partial charge on any atom is -0.488 e. The van der Waals surface area contributed by atoms with Crippen LogP contribution in [-0.4, -0.2) is 71.1 Å². The van der Waals surface area contributed by atoms with E-state index < -0.39 is 0 Å². The van der Waals surface area contributed by atoms with Crippen molar-refractivity contribution in [3.8, 4) is 11.5 Å². The van der Waals surface area contributed by atoms with Crippen molar-refractivity contribution in [2.75, 3.05) is 65.9 Å². The lowest BCUT2D eigenvalue weighted by Gasteiger charge is -2.15. The maximum absolute atomic E-state index is 9.27. The van der Waals surface area contributed by atoms with Crippen LogP contribution in [0.1, 0.15) is 5.56 Å². The molecule has 1 aromatic rings. The average Bonchev–Trinajstić information content (AvgIpc) is 2.61. The maximum atomic E-state index is 9.27. The van der Waals surface area contributed by atoms with Gasteiger partial charge in [-0.05, 0) is 17.7 Å². The van der Waals surface area contributed by atoms with E-state index in [0.29, 0.717) is 70.9 Å². The lowest BCUT2D eigenvalue weighted by Crippen LogP contribution is -2.25. The Morgan fingerprint density at radius 1 is 0.750 bits per heavy atom. The fourth-order valence-corrected chi connectivity index (χ4v) is 2.14. The van der Waals surface area contributed by atoms with E-state index in [0.717, 1.165) is 12.1 Å². The first-order valence-electron chi connectivity index (χ1n) is 8.33. The minimum atomic E-state index is -0.0324. The standard InChI is InChI=1S/C17H27NO6/c19-14-15-1-2-16-17(13-15)23-6-4-18-3-5-20-7-8-21-9-10-22-11-12-24-16/h1-2,13,18-19H,3-12,14H2. The third-order valence-corrected chi connectivity index (χ3v) is 3.38. The molecule has 2 rings (SSSR count). The topological polar surface area (TPSA) is 78.4 Å². The Labute approximate surface area is 142 Å². The van der Waals surface area contributed by atoms with E-state index >= 15 is 0 Å². The fraction of sp³-hybridized carbons (Fsp3) is 0.647. The summed E-state index contributed by atoms with van der Waals surface area (Å²) in [6, 6.07) is 5.42. The van der Waals surface area contributed by atoms with Crippen molar-refractivity contribution in [2.45, 2.75) is 6.61 Å². The normalized spacial score (nSPS) is 19.2. The zero-order valence-corrected chi connectivity index (χ0v) is 14.0. The Balaban J connectivity index is 1.88. The van der Waals surface area contributed by atoms with E-state index in [2.05, 4.69) is 5.32 Å². The molecule has 1 aromatic carbocycles. The Kier molecular flexibility index (Phi) is 9.52. The van der Waals surface area contributed by atoms with Gasteiger partial charge in [-0.2, -0.15) is 0 Å². The Morgan fingerprint density at radius 3 is 2.12 bits per heavy atom. The molecule has 1 aliphatic rings. The number of hydrogen-bond acceptors (Lipinski definition) is 7. The van der Waals surface area contributed by atoms with Crippen molar-refractivity contribution in [1.29, 1.82) is 0 Å². The monoisotopic (exact) mass is 341 g/mol. The molecule has 0 bridgehead atoms. The first kappa shape index (κ1) is 19.0. The van der Waals surface area contributed by atoms with Gasteiger partial charge in [0.1, 0.15) is 13.2 Å². The number of hydrogen-bond donors (Lipinski definition) is 2. The summed E-state index contributed by atoms with van der Waals surface area (Å²) in [5.41, 5.74) is 0.786. The van der Waals surface area contributed by atoms with Gasteiger partial charge in [0.25, 0.3) is 0 Å². The van der Waals surface area contributed by atoms with E-state index in [1.165, 1.54) is 0 Å². The second-order valence-corrected chi connectivity index (χ2v) is 5.22.